The Labute approximate surface area is 191 Å². The van der Waals surface area contributed by atoms with Crippen molar-refractivity contribution in [2.24, 2.45) is 5.92 Å². The van der Waals surface area contributed by atoms with Crippen molar-refractivity contribution >= 4 is 40.7 Å². The summed E-state index contributed by atoms with van der Waals surface area (Å²) in [4.78, 5) is 26.8. The fourth-order valence-electron chi connectivity index (χ4n) is 3.65. The normalized spacial score (nSPS) is 19.8. The number of carbonyl (C=O) groups is 2. The molecule has 8 nitrogen and oxygen atoms in total. The summed E-state index contributed by atoms with van der Waals surface area (Å²) in [6.45, 7) is 1.71. The van der Waals surface area contributed by atoms with Gasteiger partial charge in [-0.05, 0) is 31.5 Å². The number of alkyl halides is 3. The zero-order valence-electron chi connectivity index (χ0n) is 16.9. The first-order chi connectivity index (χ1) is 15.0. The van der Waals surface area contributed by atoms with Crippen LogP contribution in [0.4, 0.5) is 18.9 Å². The first kappa shape index (κ1) is 24.3. The van der Waals surface area contributed by atoms with Gasteiger partial charge in [-0.3, -0.25) is 14.9 Å². The molecule has 1 fully saturated rings. The number of amides is 2. The molecule has 3 N–H and O–H groups in total. The minimum absolute atomic E-state index is 0.0588. The van der Waals surface area contributed by atoms with Gasteiger partial charge in [-0.1, -0.05) is 23.2 Å². The SMILES string of the molecule is C[C@H]1[C@@H](C(=O)Nc2ccc(Cl)c(Cl)c2)CCN1C(=O)CN[C@H](CC(F)(F)F)c1cn[nH]n1. The lowest BCUT2D eigenvalue weighted by molar-refractivity contribution is -0.143. The molecule has 0 aliphatic carbocycles. The maximum Gasteiger partial charge on any atom is 0.390 e. The van der Waals surface area contributed by atoms with Crippen LogP contribution >= 0.6 is 23.2 Å². The molecule has 1 aromatic carbocycles. The van der Waals surface area contributed by atoms with Crippen molar-refractivity contribution in [3.8, 4) is 0 Å². The van der Waals surface area contributed by atoms with Gasteiger partial charge in [0.1, 0.15) is 0 Å². The van der Waals surface area contributed by atoms with E-state index in [1.165, 1.54) is 17.2 Å². The van der Waals surface area contributed by atoms with Gasteiger partial charge in [-0.15, -0.1) is 0 Å². The van der Waals surface area contributed by atoms with Crippen molar-refractivity contribution < 1.29 is 22.8 Å². The Hall–Kier alpha value is -2.37. The first-order valence-electron chi connectivity index (χ1n) is 9.76. The van der Waals surface area contributed by atoms with Crippen molar-refractivity contribution in [2.75, 3.05) is 18.4 Å². The first-order valence-corrected chi connectivity index (χ1v) is 10.5. The molecule has 1 aromatic heterocycles. The van der Waals surface area contributed by atoms with Gasteiger partial charge in [0.15, 0.2) is 0 Å². The van der Waals surface area contributed by atoms with Crippen LogP contribution < -0.4 is 10.6 Å². The largest absolute Gasteiger partial charge is 0.390 e. The highest BCUT2D eigenvalue weighted by Crippen LogP contribution is 2.30. The summed E-state index contributed by atoms with van der Waals surface area (Å²) < 4.78 is 38.7. The second-order valence-corrected chi connectivity index (χ2v) is 8.30. The van der Waals surface area contributed by atoms with Gasteiger partial charge in [0.05, 0.1) is 46.9 Å². The molecule has 0 unspecified atom stereocenters. The van der Waals surface area contributed by atoms with Crippen LogP contribution in [0.25, 0.3) is 0 Å². The van der Waals surface area contributed by atoms with Crippen LogP contribution in [-0.2, 0) is 9.59 Å². The van der Waals surface area contributed by atoms with Gasteiger partial charge in [0, 0.05) is 18.3 Å². The molecule has 2 heterocycles. The summed E-state index contributed by atoms with van der Waals surface area (Å²) >= 11 is 11.8. The molecule has 1 aliphatic heterocycles. The average Bonchev–Trinajstić information content (AvgIpc) is 3.37. The Balaban J connectivity index is 1.58. The van der Waals surface area contributed by atoms with E-state index < -0.39 is 36.5 Å². The highest BCUT2D eigenvalue weighted by molar-refractivity contribution is 6.42. The average molecular weight is 493 g/mol. The van der Waals surface area contributed by atoms with E-state index in [4.69, 9.17) is 23.2 Å². The molecule has 32 heavy (non-hydrogen) atoms. The summed E-state index contributed by atoms with van der Waals surface area (Å²) in [5.41, 5.74) is 0.536. The molecule has 0 spiro atoms. The van der Waals surface area contributed by atoms with Crippen LogP contribution in [-0.4, -0.2) is 57.4 Å². The number of hydrogen-bond donors (Lipinski definition) is 3. The number of hydrogen-bond acceptors (Lipinski definition) is 5. The molecule has 3 rings (SSSR count). The van der Waals surface area contributed by atoms with Crippen molar-refractivity contribution in [3.63, 3.8) is 0 Å². The van der Waals surface area contributed by atoms with Gasteiger partial charge in [0.25, 0.3) is 0 Å². The topological polar surface area (TPSA) is 103 Å². The predicted molar refractivity (Wildman–Crippen MR) is 112 cm³/mol. The maximum atomic E-state index is 12.9. The van der Waals surface area contributed by atoms with Crippen LogP contribution in [0.3, 0.4) is 0 Å². The predicted octanol–water partition coefficient (Wildman–Crippen LogP) is 3.57. The lowest BCUT2D eigenvalue weighted by Gasteiger charge is -2.26. The molecule has 2 amide bonds. The van der Waals surface area contributed by atoms with E-state index in [1.807, 2.05) is 0 Å². The third-order valence-electron chi connectivity index (χ3n) is 5.33. The van der Waals surface area contributed by atoms with E-state index in [1.54, 1.807) is 19.1 Å². The zero-order chi connectivity index (χ0) is 23.5. The van der Waals surface area contributed by atoms with E-state index in [0.717, 1.165) is 0 Å². The van der Waals surface area contributed by atoms with Crippen molar-refractivity contribution in [3.05, 3.63) is 40.1 Å². The van der Waals surface area contributed by atoms with E-state index in [9.17, 15) is 22.8 Å². The highest BCUT2D eigenvalue weighted by atomic mass is 35.5. The van der Waals surface area contributed by atoms with Crippen molar-refractivity contribution in [1.82, 2.24) is 25.6 Å². The molecular weight excluding hydrogens is 472 g/mol. The third kappa shape index (κ3) is 6.11. The van der Waals surface area contributed by atoms with Crippen LogP contribution in [0.15, 0.2) is 24.4 Å². The van der Waals surface area contributed by atoms with Crippen LogP contribution in [0, 0.1) is 5.92 Å². The second-order valence-electron chi connectivity index (χ2n) is 7.49. The number of likely N-dealkylation sites (tertiary alicyclic amines) is 1. The van der Waals surface area contributed by atoms with Crippen LogP contribution in [0.2, 0.25) is 10.0 Å². The maximum absolute atomic E-state index is 12.9. The third-order valence-corrected chi connectivity index (χ3v) is 6.06. The summed E-state index contributed by atoms with van der Waals surface area (Å²) in [6.07, 6.45) is -4.05. The molecule has 0 bridgehead atoms. The highest BCUT2D eigenvalue weighted by Gasteiger charge is 2.39. The van der Waals surface area contributed by atoms with E-state index in [0.29, 0.717) is 28.7 Å². The Morgan fingerprint density at radius 3 is 2.69 bits per heavy atom. The number of rotatable bonds is 7. The molecule has 0 saturated carbocycles. The van der Waals surface area contributed by atoms with Gasteiger partial charge < -0.3 is 10.2 Å². The molecular formula is C19H21Cl2F3N6O2. The molecule has 1 saturated heterocycles. The van der Waals surface area contributed by atoms with Crippen molar-refractivity contribution in [1.29, 1.82) is 0 Å². The number of carbonyl (C=O) groups excluding carboxylic acids is 2. The van der Waals surface area contributed by atoms with E-state index in [2.05, 4.69) is 26.0 Å². The van der Waals surface area contributed by atoms with E-state index >= 15 is 0 Å². The summed E-state index contributed by atoms with van der Waals surface area (Å²) in [7, 11) is 0. The summed E-state index contributed by atoms with van der Waals surface area (Å²) in [5.74, 6) is -1.16. The minimum atomic E-state index is -4.45. The molecule has 0 radical (unpaired) electrons. The summed E-state index contributed by atoms with van der Waals surface area (Å²) in [6, 6.07) is 3.05. The number of halogens is 5. The number of aromatic nitrogens is 3. The monoisotopic (exact) mass is 492 g/mol. The lowest BCUT2D eigenvalue weighted by Crippen LogP contribution is -2.44. The lowest BCUT2D eigenvalue weighted by atomic mass is 10.0. The minimum Gasteiger partial charge on any atom is -0.338 e. The zero-order valence-corrected chi connectivity index (χ0v) is 18.4. The second kappa shape index (κ2) is 10.1. The fourth-order valence-corrected chi connectivity index (χ4v) is 3.95. The van der Waals surface area contributed by atoms with Crippen molar-refractivity contribution in [2.45, 2.75) is 38.0 Å². The smallest absolute Gasteiger partial charge is 0.338 e. The Bertz CT molecular complexity index is 957. The number of anilines is 1. The number of H-pyrrole nitrogens is 1. The number of nitrogens with zero attached hydrogens (tertiary/aromatic N) is 3. The van der Waals surface area contributed by atoms with Gasteiger partial charge >= 0.3 is 6.18 Å². The Morgan fingerprint density at radius 2 is 2.06 bits per heavy atom. The molecule has 3 atom stereocenters. The number of nitrogens with one attached hydrogen (secondary N) is 3. The van der Waals surface area contributed by atoms with Gasteiger partial charge in [0.2, 0.25) is 11.8 Å². The van der Waals surface area contributed by atoms with E-state index in [-0.39, 0.29) is 18.1 Å². The summed E-state index contributed by atoms with van der Waals surface area (Å²) in [5, 5.41) is 15.5. The number of benzene rings is 1. The quantitative estimate of drug-likeness (QED) is 0.548. The van der Waals surface area contributed by atoms with Crippen LogP contribution in [0.5, 0.6) is 0 Å². The van der Waals surface area contributed by atoms with Gasteiger partial charge in [-0.2, -0.15) is 28.6 Å². The fraction of sp³-hybridized carbons (Fsp3) is 0.474. The molecule has 2 aromatic rings. The Kier molecular flexibility index (Phi) is 7.63. The Morgan fingerprint density at radius 1 is 1.31 bits per heavy atom. The standard InChI is InChI=1S/C19H21Cl2F3N6O2/c1-10-12(18(32)27-11-2-3-13(20)14(21)6-11)4-5-30(10)17(31)9-25-15(7-19(22,23)24)16-8-26-29-28-16/h2-3,6,8,10,12,15,25H,4-5,7,9H2,1H3,(H,27,32)(H,26,28,29)/t10-,12-,15+/m0/s1. The number of aromatic amines is 1. The molecule has 1 aliphatic rings. The van der Waals surface area contributed by atoms with Crippen LogP contribution in [0.1, 0.15) is 31.5 Å². The molecule has 13 heteroatoms. The molecule has 174 valence electrons. The van der Waals surface area contributed by atoms with Gasteiger partial charge in [-0.25, -0.2) is 0 Å².